The summed E-state index contributed by atoms with van der Waals surface area (Å²) in [4.78, 5) is 21.8. The Hall–Kier alpha value is -3.15. The third kappa shape index (κ3) is 2.94. The standard InChI is InChI=1S/C20H21N5O/c1-14(2)11-17-23-19(16-8-4-6-10-25(16)17)20(26)22-13-18-21-12-15-7-3-5-9-24(15)18/h3-10,12,14H,11,13H2,1-2H3,(H,22,26). The second kappa shape index (κ2) is 6.63. The van der Waals surface area contributed by atoms with Gasteiger partial charge >= 0.3 is 0 Å². The van der Waals surface area contributed by atoms with Gasteiger partial charge in [0.15, 0.2) is 5.69 Å². The van der Waals surface area contributed by atoms with Gasteiger partial charge in [-0.15, -0.1) is 0 Å². The molecule has 1 amide bonds. The Morgan fingerprint density at radius 2 is 1.85 bits per heavy atom. The second-order valence-corrected chi connectivity index (χ2v) is 6.78. The van der Waals surface area contributed by atoms with Crippen LogP contribution in [-0.2, 0) is 13.0 Å². The van der Waals surface area contributed by atoms with Gasteiger partial charge in [0.25, 0.3) is 5.91 Å². The van der Waals surface area contributed by atoms with E-state index in [1.54, 1.807) is 6.20 Å². The number of carbonyl (C=O) groups is 1. The fourth-order valence-electron chi connectivity index (χ4n) is 3.15. The van der Waals surface area contributed by atoms with E-state index in [0.717, 1.165) is 29.1 Å². The molecule has 0 unspecified atom stereocenters. The number of amides is 1. The molecule has 6 heteroatoms. The van der Waals surface area contributed by atoms with Crippen LogP contribution in [0.2, 0.25) is 0 Å². The monoisotopic (exact) mass is 347 g/mol. The highest BCUT2D eigenvalue weighted by Crippen LogP contribution is 2.16. The molecule has 0 saturated carbocycles. The van der Waals surface area contributed by atoms with Gasteiger partial charge in [-0.3, -0.25) is 4.79 Å². The number of carbonyl (C=O) groups excluding carboxylic acids is 1. The Labute approximate surface area is 151 Å². The van der Waals surface area contributed by atoms with E-state index >= 15 is 0 Å². The zero-order valence-electron chi connectivity index (χ0n) is 14.9. The molecule has 1 N–H and O–H groups in total. The molecule has 0 atom stereocenters. The lowest BCUT2D eigenvalue weighted by atomic mass is 10.1. The van der Waals surface area contributed by atoms with Gasteiger partial charge < -0.3 is 14.1 Å². The maximum Gasteiger partial charge on any atom is 0.272 e. The molecular formula is C20H21N5O. The predicted molar refractivity (Wildman–Crippen MR) is 100 cm³/mol. The lowest BCUT2D eigenvalue weighted by molar-refractivity contribution is 0.0947. The summed E-state index contributed by atoms with van der Waals surface area (Å²) >= 11 is 0. The molecule has 0 spiro atoms. The Kier molecular flexibility index (Phi) is 4.16. The lowest BCUT2D eigenvalue weighted by Gasteiger charge is -2.03. The Bertz CT molecular complexity index is 1080. The number of hydrogen-bond acceptors (Lipinski definition) is 3. The topological polar surface area (TPSA) is 63.7 Å². The van der Waals surface area contributed by atoms with Gasteiger partial charge in [0.05, 0.1) is 23.8 Å². The number of nitrogens with zero attached hydrogens (tertiary/aromatic N) is 4. The van der Waals surface area contributed by atoms with Crippen molar-refractivity contribution in [2.24, 2.45) is 5.92 Å². The summed E-state index contributed by atoms with van der Waals surface area (Å²) in [7, 11) is 0. The highest BCUT2D eigenvalue weighted by Gasteiger charge is 2.18. The zero-order valence-corrected chi connectivity index (χ0v) is 14.9. The Morgan fingerprint density at radius 1 is 1.08 bits per heavy atom. The van der Waals surface area contributed by atoms with Crippen molar-refractivity contribution in [3.63, 3.8) is 0 Å². The van der Waals surface area contributed by atoms with Gasteiger partial charge in [-0.25, -0.2) is 9.97 Å². The molecule has 0 saturated heterocycles. The minimum absolute atomic E-state index is 0.184. The van der Waals surface area contributed by atoms with Crippen LogP contribution in [0.5, 0.6) is 0 Å². The quantitative estimate of drug-likeness (QED) is 0.603. The van der Waals surface area contributed by atoms with E-state index in [2.05, 4.69) is 29.1 Å². The summed E-state index contributed by atoms with van der Waals surface area (Å²) in [5.41, 5.74) is 2.29. The fourth-order valence-corrected chi connectivity index (χ4v) is 3.15. The van der Waals surface area contributed by atoms with Crippen LogP contribution in [0.4, 0.5) is 0 Å². The molecule has 4 rings (SSSR count). The van der Waals surface area contributed by atoms with Crippen molar-refractivity contribution in [3.8, 4) is 0 Å². The van der Waals surface area contributed by atoms with Crippen LogP contribution >= 0.6 is 0 Å². The van der Waals surface area contributed by atoms with E-state index in [9.17, 15) is 4.79 Å². The van der Waals surface area contributed by atoms with Crippen molar-refractivity contribution in [2.75, 3.05) is 0 Å². The number of aromatic nitrogens is 4. The number of rotatable bonds is 5. The molecule has 6 nitrogen and oxygen atoms in total. The maximum atomic E-state index is 12.8. The van der Waals surface area contributed by atoms with Crippen LogP contribution in [0.3, 0.4) is 0 Å². The summed E-state index contributed by atoms with van der Waals surface area (Å²) in [5.74, 6) is 1.98. The molecule has 26 heavy (non-hydrogen) atoms. The fraction of sp³-hybridized carbons (Fsp3) is 0.250. The number of imidazole rings is 2. The van der Waals surface area contributed by atoms with Crippen molar-refractivity contribution in [1.29, 1.82) is 0 Å². The minimum Gasteiger partial charge on any atom is -0.343 e. The third-order valence-corrected chi connectivity index (χ3v) is 4.35. The summed E-state index contributed by atoms with van der Waals surface area (Å²) < 4.78 is 3.97. The average molecular weight is 347 g/mol. The molecule has 0 aliphatic carbocycles. The molecule has 0 bridgehead atoms. The second-order valence-electron chi connectivity index (χ2n) is 6.78. The minimum atomic E-state index is -0.184. The van der Waals surface area contributed by atoms with Crippen LogP contribution in [0, 0.1) is 5.92 Å². The van der Waals surface area contributed by atoms with E-state index in [0.29, 0.717) is 18.2 Å². The van der Waals surface area contributed by atoms with Gasteiger partial charge in [0.1, 0.15) is 11.6 Å². The van der Waals surface area contributed by atoms with Gasteiger partial charge in [0, 0.05) is 18.8 Å². The molecule has 0 aliphatic heterocycles. The molecule has 0 aromatic carbocycles. The number of nitrogens with one attached hydrogen (secondary N) is 1. The van der Waals surface area contributed by atoms with E-state index < -0.39 is 0 Å². The normalized spacial score (nSPS) is 11.5. The Morgan fingerprint density at radius 3 is 2.65 bits per heavy atom. The van der Waals surface area contributed by atoms with Crippen LogP contribution < -0.4 is 5.32 Å². The van der Waals surface area contributed by atoms with Crippen molar-refractivity contribution >= 4 is 16.9 Å². The summed E-state index contributed by atoms with van der Waals surface area (Å²) in [6.45, 7) is 4.64. The SMILES string of the molecule is CC(C)Cc1nc(C(=O)NCc2ncc3ccccn23)c2ccccn12. The summed E-state index contributed by atoms with van der Waals surface area (Å²) in [6, 6.07) is 11.7. The highest BCUT2D eigenvalue weighted by molar-refractivity contribution is 5.99. The largest absolute Gasteiger partial charge is 0.343 e. The first-order chi connectivity index (χ1) is 12.6. The van der Waals surface area contributed by atoms with Crippen molar-refractivity contribution in [3.05, 3.63) is 72.3 Å². The van der Waals surface area contributed by atoms with Crippen molar-refractivity contribution < 1.29 is 4.79 Å². The van der Waals surface area contributed by atoms with E-state index in [1.807, 2.05) is 57.6 Å². The number of pyridine rings is 2. The van der Waals surface area contributed by atoms with Crippen LogP contribution in [0.1, 0.15) is 36.0 Å². The van der Waals surface area contributed by atoms with Crippen LogP contribution in [0.25, 0.3) is 11.0 Å². The molecule has 0 aliphatic rings. The van der Waals surface area contributed by atoms with E-state index in [-0.39, 0.29) is 5.91 Å². The Balaban J connectivity index is 1.60. The van der Waals surface area contributed by atoms with Gasteiger partial charge in [-0.05, 0) is 30.2 Å². The van der Waals surface area contributed by atoms with Gasteiger partial charge in [-0.2, -0.15) is 0 Å². The zero-order chi connectivity index (χ0) is 18.1. The molecule has 4 aromatic rings. The van der Waals surface area contributed by atoms with E-state index in [1.165, 1.54) is 0 Å². The third-order valence-electron chi connectivity index (χ3n) is 4.35. The molecule has 0 radical (unpaired) electrons. The van der Waals surface area contributed by atoms with Gasteiger partial charge in [-0.1, -0.05) is 26.0 Å². The van der Waals surface area contributed by atoms with Crippen molar-refractivity contribution in [2.45, 2.75) is 26.8 Å². The highest BCUT2D eigenvalue weighted by atomic mass is 16.1. The number of fused-ring (bicyclic) bond motifs is 2. The predicted octanol–water partition coefficient (Wildman–Crippen LogP) is 3.11. The molecule has 0 fully saturated rings. The van der Waals surface area contributed by atoms with E-state index in [4.69, 9.17) is 0 Å². The van der Waals surface area contributed by atoms with Gasteiger partial charge in [0.2, 0.25) is 0 Å². The van der Waals surface area contributed by atoms with Crippen LogP contribution in [0.15, 0.2) is 55.0 Å². The molecular weight excluding hydrogens is 326 g/mol. The molecule has 4 aromatic heterocycles. The number of hydrogen-bond donors (Lipinski definition) is 1. The average Bonchev–Trinajstić information content (AvgIpc) is 3.21. The first-order valence-corrected chi connectivity index (χ1v) is 8.78. The first-order valence-electron chi connectivity index (χ1n) is 8.78. The molecule has 132 valence electrons. The lowest BCUT2D eigenvalue weighted by Crippen LogP contribution is -2.24. The van der Waals surface area contributed by atoms with Crippen molar-refractivity contribution in [1.82, 2.24) is 24.1 Å². The maximum absolute atomic E-state index is 12.8. The van der Waals surface area contributed by atoms with Crippen LogP contribution in [-0.4, -0.2) is 24.7 Å². The first kappa shape index (κ1) is 16.3. The molecule has 4 heterocycles. The summed E-state index contributed by atoms with van der Waals surface area (Å²) in [6.07, 6.45) is 6.52. The smallest absolute Gasteiger partial charge is 0.272 e. The summed E-state index contributed by atoms with van der Waals surface area (Å²) in [5, 5.41) is 2.95.